The zero-order chi connectivity index (χ0) is 43.0. The van der Waals surface area contributed by atoms with Crippen molar-refractivity contribution in [1.29, 1.82) is 0 Å². The number of aliphatic hydroxyl groups is 4. The van der Waals surface area contributed by atoms with Crippen molar-refractivity contribution in [2.24, 2.45) is 0 Å². The van der Waals surface area contributed by atoms with Crippen LogP contribution in [0.1, 0.15) is 258 Å². The molecule has 1 aliphatic heterocycles. The molecule has 59 heavy (non-hydrogen) atoms. The molecule has 0 aromatic rings. The van der Waals surface area contributed by atoms with Gasteiger partial charge in [-0.3, -0.25) is 4.79 Å². The summed E-state index contributed by atoms with van der Waals surface area (Å²) in [5.74, 6) is -0.159. The number of carbonyl (C=O) groups excluding carboxylic acids is 1. The first-order valence-corrected chi connectivity index (χ1v) is 25.7. The van der Waals surface area contributed by atoms with E-state index < -0.39 is 49.5 Å². The highest BCUT2D eigenvalue weighted by atomic mass is 19.1. The number of carbonyl (C=O) groups is 1. The molecule has 0 radical (unpaired) electrons. The van der Waals surface area contributed by atoms with E-state index in [-0.39, 0.29) is 12.5 Å². The van der Waals surface area contributed by atoms with Crippen molar-refractivity contribution >= 4 is 5.91 Å². The third-order valence-electron chi connectivity index (χ3n) is 12.7. The van der Waals surface area contributed by atoms with E-state index in [0.717, 1.165) is 38.5 Å². The van der Waals surface area contributed by atoms with Gasteiger partial charge in [0, 0.05) is 6.42 Å². The van der Waals surface area contributed by atoms with Gasteiger partial charge in [-0.05, 0) is 12.8 Å². The van der Waals surface area contributed by atoms with Crippen LogP contribution >= 0.6 is 0 Å². The standard InChI is InChI=1S/C50H98FNO7/c1-3-5-7-9-11-13-15-17-18-19-20-21-22-23-24-25-26-28-30-32-34-36-38-40-46(55)52-43(42-58-50-49(57)48(56)47(51)45(41-53)59-50)44(54)39-37-35-33-31-29-27-16-14-12-10-8-6-4-2/h43-45,47-50,53-54,56-57H,3-42H2,1-2H3,(H,52,55)/t43-,44+,45+,47-,48-,49+,50-/m0/s1. The summed E-state index contributed by atoms with van der Waals surface area (Å²) in [6.45, 7) is 3.69. The quantitative estimate of drug-likeness (QED) is 0.0386. The van der Waals surface area contributed by atoms with Crippen molar-refractivity contribution in [3.63, 3.8) is 0 Å². The first-order valence-electron chi connectivity index (χ1n) is 25.7. The summed E-state index contributed by atoms with van der Waals surface area (Å²) >= 11 is 0. The van der Waals surface area contributed by atoms with Crippen LogP contribution in [0.3, 0.4) is 0 Å². The molecule has 1 heterocycles. The zero-order valence-electron chi connectivity index (χ0n) is 38.7. The monoisotopic (exact) mass is 844 g/mol. The second-order valence-electron chi connectivity index (χ2n) is 18.3. The number of hydrogen-bond donors (Lipinski definition) is 5. The van der Waals surface area contributed by atoms with E-state index in [4.69, 9.17) is 9.47 Å². The Hall–Kier alpha value is -0.840. The third-order valence-corrected chi connectivity index (χ3v) is 12.7. The molecule has 5 N–H and O–H groups in total. The molecule has 0 bridgehead atoms. The lowest BCUT2D eigenvalue weighted by atomic mass is 10.00. The van der Waals surface area contributed by atoms with Gasteiger partial charge in [0.15, 0.2) is 12.5 Å². The Morgan fingerprint density at radius 2 is 0.898 bits per heavy atom. The fourth-order valence-corrected chi connectivity index (χ4v) is 8.55. The van der Waals surface area contributed by atoms with Crippen molar-refractivity contribution in [3.05, 3.63) is 0 Å². The largest absolute Gasteiger partial charge is 0.394 e. The number of alkyl halides is 1. The second kappa shape index (κ2) is 41.2. The normalized spacial score (nSPS) is 20.6. The average Bonchev–Trinajstić information content (AvgIpc) is 3.23. The molecule has 0 aliphatic carbocycles. The molecular formula is C50H98FNO7. The molecule has 0 aromatic heterocycles. The molecular weight excluding hydrogens is 746 g/mol. The number of ether oxygens (including phenoxy) is 2. The molecule has 9 heteroatoms. The Morgan fingerprint density at radius 1 is 0.559 bits per heavy atom. The topological polar surface area (TPSA) is 128 Å². The van der Waals surface area contributed by atoms with Crippen molar-refractivity contribution in [2.45, 2.75) is 301 Å². The Labute approximate surface area is 363 Å². The number of unbranched alkanes of at least 4 members (excludes halogenated alkanes) is 34. The first-order chi connectivity index (χ1) is 28.8. The number of nitrogens with one attached hydrogen (secondary N) is 1. The van der Waals surface area contributed by atoms with Gasteiger partial charge >= 0.3 is 0 Å². The van der Waals surface area contributed by atoms with Crippen LogP contribution in [0.2, 0.25) is 0 Å². The van der Waals surface area contributed by atoms with Crippen molar-refractivity contribution in [3.8, 4) is 0 Å². The summed E-state index contributed by atoms with van der Waals surface area (Å²) in [5.41, 5.74) is 0. The minimum Gasteiger partial charge on any atom is -0.394 e. The molecule has 8 nitrogen and oxygen atoms in total. The average molecular weight is 844 g/mol. The van der Waals surface area contributed by atoms with E-state index in [1.165, 1.54) is 193 Å². The van der Waals surface area contributed by atoms with Crippen LogP contribution < -0.4 is 5.32 Å². The summed E-state index contributed by atoms with van der Waals surface area (Å²) in [6.07, 6.45) is 38.3. The summed E-state index contributed by atoms with van der Waals surface area (Å²) < 4.78 is 25.4. The second-order valence-corrected chi connectivity index (χ2v) is 18.3. The van der Waals surface area contributed by atoms with Gasteiger partial charge in [-0.1, -0.05) is 239 Å². The van der Waals surface area contributed by atoms with Crippen LogP contribution in [0.15, 0.2) is 0 Å². The number of hydrogen-bond acceptors (Lipinski definition) is 7. The van der Waals surface area contributed by atoms with Crippen LogP contribution in [-0.4, -0.2) is 82.5 Å². The maximum atomic E-state index is 14.3. The predicted molar refractivity (Wildman–Crippen MR) is 243 cm³/mol. The van der Waals surface area contributed by atoms with E-state index in [1.54, 1.807) is 0 Å². The van der Waals surface area contributed by atoms with Crippen LogP contribution in [0.25, 0.3) is 0 Å². The fraction of sp³-hybridized carbons (Fsp3) is 0.980. The molecule has 1 amide bonds. The molecule has 352 valence electrons. The van der Waals surface area contributed by atoms with E-state index in [0.29, 0.717) is 12.8 Å². The third kappa shape index (κ3) is 31.6. The Kier molecular flexibility index (Phi) is 39.2. The van der Waals surface area contributed by atoms with E-state index >= 15 is 0 Å². The Morgan fingerprint density at radius 3 is 1.25 bits per heavy atom. The summed E-state index contributed by atoms with van der Waals surface area (Å²) in [5, 5.41) is 44.0. The summed E-state index contributed by atoms with van der Waals surface area (Å²) in [4.78, 5) is 13.0. The van der Waals surface area contributed by atoms with Gasteiger partial charge in [0.1, 0.15) is 18.3 Å². The minimum atomic E-state index is -1.95. The van der Waals surface area contributed by atoms with E-state index in [1.807, 2.05) is 0 Å². The molecule has 1 saturated heterocycles. The molecule has 0 saturated carbocycles. The first kappa shape index (κ1) is 56.2. The molecule has 7 atom stereocenters. The number of aliphatic hydroxyl groups excluding tert-OH is 4. The highest BCUT2D eigenvalue weighted by molar-refractivity contribution is 5.76. The lowest BCUT2D eigenvalue weighted by Crippen LogP contribution is -2.58. The van der Waals surface area contributed by atoms with Gasteiger partial charge in [0.05, 0.1) is 25.4 Å². The van der Waals surface area contributed by atoms with E-state index in [9.17, 15) is 29.6 Å². The number of halogens is 1. The fourth-order valence-electron chi connectivity index (χ4n) is 8.55. The maximum absolute atomic E-state index is 14.3. The molecule has 0 aromatic carbocycles. The highest BCUT2D eigenvalue weighted by Crippen LogP contribution is 2.25. The van der Waals surface area contributed by atoms with Crippen LogP contribution in [0.4, 0.5) is 4.39 Å². The molecule has 0 unspecified atom stereocenters. The smallest absolute Gasteiger partial charge is 0.220 e. The van der Waals surface area contributed by atoms with Crippen molar-refractivity contribution < 1.29 is 39.1 Å². The van der Waals surface area contributed by atoms with Gasteiger partial charge in [-0.25, -0.2) is 4.39 Å². The molecule has 0 spiro atoms. The summed E-state index contributed by atoms with van der Waals surface area (Å²) in [7, 11) is 0. The number of rotatable bonds is 44. The van der Waals surface area contributed by atoms with Crippen LogP contribution in [0, 0.1) is 0 Å². The van der Waals surface area contributed by atoms with Gasteiger partial charge in [-0.2, -0.15) is 0 Å². The summed E-state index contributed by atoms with van der Waals surface area (Å²) in [6, 6.07) is -0.743. The van der Waals surface area contributed by atoms with Gasteiger partial charge in [0.25, 0.3) is 0 Å². The van der Waals surface area contributed by atoms with E-state index in [2.05, 4.69) is 19.2 Å². The minimum absolute atomic E-state index is 0.159. The van der Waals surface area contributed by atoms with Gasteiger partial charge < -0.3 is 35.2 Å². The predicted octanol–water partition coefficient (Wildman–Crippen LogP) is 12.5. The molecule has 1 aliphatic rings. The van der Waals surface area contributed by atoms with Gasteiger partial charge in [0.2, 0.25) is 5.91 Å². The van der Waals surface area contributed by atoms with Crippen molar-refractivity contribution in [2.75, 3.05) is 13.2 Å². The highest BCUT2D eigenvalue weighted by Gasteiger charge is 2.45. The zero-order valence-corrected chi connectivity index (χ0v) is 38.7. The van der Waals surface area contributed by atoms with Crippen LogP contribution in [0.5, 0.6) is 0 Å². The number of amides is 1. The molecule has 1 fully saturated rings. The lowest BCUT2D eigenvalue weighted by Gasteiger charge is -2.39. The van der Waals surface area contributed by atoms with Crippen molar-refractivity contribution in [1.82, 2.24) is 5.32 Å². The Bertz CT molecular complexity index is 897. The van der Waals surface area contributed by atoms with Gasteiger partial charge in [-0.15, -0.1) is 0 Å². The van der Waals surface area contributed by atoms with Crippen LogP contribution in [-0.2, 0) is 14.3 Å². The lowest BCUT2D eigenvalue weighted by molar-refractivity contribution is -0.293. The maximum Gasteiger partial charge on any atom is 0.220 e. The SMILES string of the molecule is CCCCCCCCCCCCCCCCCCCCCCCCCC(=O)N[C@@H](CO[C@H]1O[C@H](CO)[C@H](F)[C@H](O)[C@H]1O)[C@H](O)CCCCCCCCCCCCCCC. The molecule has 1 rings (SSSR count). The Balaban J connectivity index is 2.21.